The molecule has 2 rings (SSSR count). The van der Waals surface area contributed by atoms with E-state index in [1.165, 1.54) is 0 Å². The van der Waals surface area contributed by atoms with E-state index in [0.29, 0.717) is 22.9 Å². The van der Waals surface area contributed by atoms with E-state index in [2.05, 4.69) is 15.8 Å². The van der Waals surface area contributed by atoms with E-state index in [4.69, 9.17) is 16.1 Å². The summed E-state index contributed by atoms with van der Waals surface area (Å²) >= 11 is 5.81. The van der Waals surface area contributed by atoms with E-state index < -0.39 is 0 Å². The van der Waals surface area contributed by atoms with Crippen molar-refractivity contribution in [2.45, 2.75) is 6.92 Å². The predicted octanol–water partition coefficient (Wildman–Crippen LogP) is 1.80. The average Bonchev–Trinajstić information content (AvgIpc) is 2.90. The average molecular weight is 308 g/mol. The molecule has 0 fully saturated rings. The fourth-order valence-corrected chi connectivity index (χ4v) is 1.84. The van der Waals surface area contributed by atoms with Crippen LogP contribution in [0.5, 0.6) is 0 Å². The summed E-state index contributed by atoms with van der Waals surface area (Å²) in [5.74, 6) is -0.0257. The summed E-state index contributed by atoms with van der Waals surface area (Å²) in [5.41, 5.74) is 0.689. The minimum absolute atomic E-state index is 0.216. The van der Waals surface area contributed by atoms with Crippen molar-refractivity contribution < 1.29 is 14.1 Å². The third-order valence-corrected chi connectivity index (χ3v) is 2.88. The lowest BCUT2D eigenvalue weighted by Crippen LogP contribution is -2.34. The zero-order chi connectivity index (χ0) is 15.2. The third-order valence-electron chi connectivity index (χ3n) is 2.64. The quantitative estimate of drug-likeness (QED) is 0.825. The molecule has 0 aliphatic carbocycles. The Balaban J connectivity index is 1.75. The summed E-state index contributed by atoms with van der Waals surface area (Å²) in [4.78, 5) is 23.5. The van der Waals surface area contributed by atoms with E-state index in [1.54, 1.807) is 37.3 Å². The Bertz CT molecular complexity index is 654. The molecule has 0 saturated carbocycles. The Hall–Kier alpha value is -2.34. The number of hydrogen-bond acceptors (Lipinski definition) is 4. The standard InChI is InChI=1S/C14H14ClN3O3/c1-9-7-12(18-21-9)14(20)17-6-5-16-13(19)10-3-2-4-11(15)8-10/h2-4,7-8H,5-6H2,1H3,(H,16,19)(H,17,20). The molecule has 0 unspecified atom stereocenters. The Morgan fingerprint density at radius 3 is 2.52 bits per heavy atom. The zero-order valence-electron chi connectivity index (χ0n) is 11.4. The minimum atomic E-state index is -0.344. The van der Waals surface area contributed by atoms with E-state index in [0.717, 1.165) is 0 Å². The molecule has 21 heavy (non-hydrogen) atoms. The van der Waals surface area contributed by atoms with Gasteiger partial charge in [-0.05, 0) is 25.1 Å². The lowest BCUT2D eigenvalue weighted by atomic mass is 10.2. The fourth-order valence-electron chi connectivity index (χ4n) is 1.65. The minimum Gasteiger partial charge on any atom is -0.361 e. The molecule has 0 atom stereocenters. The van der Waals surface area contributed by atoms with Crippen molar-refractivity contribution >= 4 is 23.4 Å². The van der Waals surface area contributed by atoms with Gasteiger partial charge >= 0.3 is 0 Å². The van der Waals surface area contributed by atoms with Gasteiger partial charge in [0.2, 0.25) is 0 Å². The van der Waals surface area contributed by atoms with Crippen LogP contribution in [0.25, 0.3) is 0 Å². The highest BCUT2D eigenvalue weighted by Gasteiger charge is 2.10. The van der Waals surface area contributed by atoms with Crippen LogP contribution in [-0.4, -0.2) is 30.1 Å². The van der Waals surface area contributed by atoms with Crippen LogP contribution in [0, 0.1) is 6.92 Å². The first kappa shape index (κ1) is 15.1. The number of amides is 2. The molecule has 7 heteroatoms. The maximum absolute atomic E-state index is 11.8. The number of nitrogens with zero attached hydrogens (tertiary/aromatic N) is 1. The highest BCUT2D eigenvalue weighted by Crippen LogP contribution is 2.10. The number of aryl methyl sites for hydroxylation is 1. The van der Waals surface area contributed by atoms with Crippen LogP contribution >= 0.6 is 11.6 Å². The lowest BCUT2D eigenvalue weighted by molar-refractivity contribution is 0.0922. The highest BCUT2D eigenvalue weighted by molar-refractivity contribution is 6.30. The first-order chi connectivity index (χ1) is 10.1. The molecule has 1 aromatic carbocycles. The Kier molecular flexibility index (Phi) is 4.94. The van der Waals surface area contributed by atoms with Gasteiger partial charge in [-0.1, -0.05) is 22.8 Å². The van der Waals surface area contributed by atoms with Gasteiger partial charge in [-0.15, -0.1) is 0 Å². The lowest BCUT2D eigenvalue weighted by Gasteiger charge is -2.06. The van der Waals surface area contributed by atoms with Gasteiger partial charge in [0, 0.05) is 29.7 Å². The molecule has 2 N–H and O–H groups in total. The van der Waals surface area contributed by atoms with Gasteiger partial charge in [-0.25, -0.2) is 0 Å². The highest BCUT2D eigenvalue weighted by atomic mass is 35.5. The molecule has 0 radical (unpaired) electrons. The molecule has 110 valence electrons. The number of benzene rings is 1. The summed E-state index contributed by atoms with van der Waals surface area (Å²) in [6.07, 6.45) is 0. The van der Waals surface area contributed by atoms with Gasteiger partial charge in [0.15, 0.2) is 5.69 Å². The largest absolute Gasteiger partial charge is 0.361 e. The van der Waals surface area contributed by atoms with Crippen LogP contribution in [-0.2, 0) is 0 Å². The zero-order valence-corrected chi connectivity index (χ0v) is 12.1. The SMILES string of the molecule is Cc1cc(C(=O)NCCNC(=O)c2cccc(Cl)c2)no1. The molecule has 1 aromatic heterocycles. The normalized spacial score (nSPS) is 10.2. The summed E-state index contributed by atoms with van der Waals surface area (Å²) in [6.45, 7) is 2.29. The van der Waals surface area contributed by atoms with Crippen molar-refractivity contribution in [3.8, 4) is 0 Å². The van der Waals surface area contributed by atoms with E-state index in [9.17, 15) is 9.59 Å². The smallest absolute Gasteiger partial charge is 0.273 e. The second-order valence-corrected chi connectivity index (χ2v) is 4.78. The third kappa shape index (κ3) is 4.32. The van der Waals surface area contributed by atoms with E-state index in [1.807, 2.05) is 0 Å². The van der Waals surface area contributed by atoms with Crippen molar-refractivity contribution in [3.63, 3.8) is 0 Å². The predicted molar refractivity (Wildman–Crippen MR) is 77.4 cm³/mol. The van der Waals surface area contributed by atoms with Crippen molar-refractivity contribution in [2.75, 3.05) is 13.1 Å². The van der Waals surface area contributed by atoms with Crippen LogP contribution in [0.15, 0.2) is 34.9 Å². The van der Waals surface area contributed by atoms with Gasteiger partial charge in [0.05, 0.1) is 0 Å². The number of nitrogens with one attached hydrogen (secondary N) is 2. The molecule has 2 amide bonds. The van der Waals surface area contributed by atoms with Gasteiger partial charge in [0.25, 0.3) is 11.8 Å². The first-order valence-corrected chi connectivity index (χ1v) is 6.69. The number of halogens is 1. The molecule has 0 aliphatic rings. The summed E-state index contributed by atoms with van der Waals surface area (Å²) in [5, 5.41) is 9.41. The van der Waals surface area contributed by atoms with Crippen LogP contribution < -0.4 is 10.6 Å². The second kappa shape index (κ2) is 6.90. The number of aromatic nitrogens is 1. The van der Waals surface area contributed by atoms with Crippen LogP contribution in [0.1, 0.15) is 26.6 Å². The van der Waals surface area contributed by atoms with Crippen molar-refractivity contribution in [1.82, 2.24) is 15.8 Å². The number of rotatable bonds is 5. The molecule has 0 bridgehead atoms. The Morgan fingerprint density at radius 1 is 1.19 bits per heavy atom. The monoisotopic (exact) mass is 307 g/mol. The second-order valence-electron chi connectivity index (χ2n) is 4.34. The number of carbonyl (C=O) groups excluding carboxylic acids is 2. The summed E-state index contributed by atoms with van der Waals surface area (Å²) in [7, 11) is 0. The van der Waals surface area contributed by atoms with Crippen molar-refractivity contribution in [1.29, 1.82) is 0 Å². The molecule has 0 saturated heterocycles. The fraction of sp³-hybridized carbons (Fsp3) is 0.214. The van der Waals surface area contributed by atoms with Crippen molar-refractivity contribution in [2.24, 2.45) is 0 Å². The Morgan fingerprint density at radius 2 is 1.90 bits per heavy atom. The molecule has 0 spiro atoms. The molecular formula is C14H14ClN3O3. The number of hydrogen-bond donors (Lipinski definition) is 2. The van der Waals surface area contributed by atoms with Gasteiger partial charge in [0.1, 0.15) is 5.76 Å². The van der Waals surface area contributed by atoms with Gasteiger partial charge in [-0.3, -0.25) is 9.59 Å². The Labute approximate surface area is 126 Å². The molecular weight excluding hydrogens is 294 g/mol. The maximum atomic E-state index is 11.8. The molecule has 2 aromatic rings. The maximum Gasteiger partial charge on any atom is 0.273 e. The van der Waals surface area contributed by atoms with Crippen LogP contribution in [0.2, 0.25) is 5.02 Å². The van der Waals surface area contributed by atoms with E-state index in [-0.39, 0.29) is 24.1 Å². The summed E-state index contributed by atoms with van der Waals surface area (Å²) in [6, 6.07) is 8.18. The molecule has 0 aliphatic heterocycles. The summed E-state index contributed by atoms with van der Waals surface area (Å²) < 4.78 is 4.81. The molecule has 6 nitrogen and oxygen atoms in total. The van der Waals surface area contributed by atoms with Gasteiger partial charge < -0.3 is 15.2 Å². The van der Waals surface area contributed by atoms with Crippen molar-refractivity contribution in [3.05, 3.63) is 52.4 Å². The van der Waals surface area contributed by atoms with Gasteiger partial charge in [-0.2, -0.15) is 0 Å². The first-order valence-electron chi connectivity index (χ1n) is 6.31. The van der Waals surface area contributed by atoms with E-state index >= 15 is 0 Å². The number of carbonyl (C=O) groups is 2. The van der Waals surface area contributed by atoms with Crippen LogP contribution in [0.4, 0.5) is 0 Å². The molecule has 1 heterocycles. The van der Waals surface area contributed by atoms with Crippen LogP contribution in [0.3, 0.4) is 0 Å². The topological polar surface area (TPSA) is 84.2 Å².